The molecule has 0 aliphatic heterocycles. The second-order valence-electron chi connectivity index (χ2n) is 3.50. The summed E-state index contributed by atoms with van der Waals surface area (Å²) in [6, 6.07) is 1.07. The van der Waals surface area contributed by atoms with E-state index in [1.54, 1.807) is 6.07 Å². The minimum absolute atomic E-state index is 0.245. The summed E-state index contributed by atoms with van der Waals surface area (Å²) in [5, 5.41) is 12.8. The maximum absolute atomic E-state index is 12.0. The van der Waals surface area contributed by atoms with Gasteiger partial charge in [0, 0.05) is 13.3 Å². The zero-order valence-electron chi connectivity index (χ0n) is 9.67. The number of methoxy groups -OCH3 is 1. The maximum atomic E-state index is 12.0. The lowest BCUT2D eigenvalue weighted by atomic mass is 10.2. The molecular formula is C11H11N5O2. The predicted molar refractivity (Wildman–Crippen MR) is 63.6 cm³/mol. The fourth-order valence-corrected chi connectivity index (χ4v) is 1.47. The van der Waals surface area contributed by atoms with Crippen LogP contribution in [0.15, 0.2) is 12.3 Å². The number of H-pyrrole nitrogens is 1. The first-order chi connectivity index (χ1) is 8.76. The average molecular weight is 245 g/mol. The van der Waals surface area contributed by atoms with E-state index < -0.39 is 6.04 Å². The lowest BCUT2D eigenvalue weighted by molar-refractivity contribution is 0.0920. The molecule has 0 aromatic carbocycles. The normalized spacial score (nSPS) is 12.0. The van der Waals surface area contributed by atoms with E-state index in [-0.39, 0.29) is 12.5 Å². The summed E-state index contributed by atoms with van der Waals surface area (Å²) in [5.41, 5.74) is 1.15. The third-order valence-corrected chi connectivity index (χ3v) is 2.31. The van der Waals surface area contributed by atoms with E-state index in [4.69, 9.17) is 11.2 Å². The number of nitrogens with zero attached hydrogens (tertiary/aromatic N) is 3. The molecule has 0 spiro atoms. The minimum atomic E-state index is -0.488. The van der Waals surface area contributed by atoms with Gasteiger partial charge in [-0.2, -0.15) is 10.3 Å². The summed E-state index contributed by atoms with van der Waals surface area (Å²) in [6.45, 7) is 0.245. The molecule has 18 heavy (non-hydrogen) atoms. The molecule has 0 radical (unpaired) electrons. The molecule has 0 aliphatic rings. The number of hydrogen-bond acceptors (Lipinski definition) is 5. The highest BCUT2D eigenvalue weighted by Crippen LogP contribution is 2.10. The van der Waals surface area contributed by atoms with Gasteiger partial charge in [0.05, 0.1) is 12.2 Å². The molecule has 0 aliphatic carbocycles. The van der Waals surface area contributed by atoms with E-state index in [2.05, 4.69) is 31.6 Å². The molecule has 2 aromatic heterocycles. The summed E-state index contributed by atoms with van der Waals surface area (Å²) in [7, 11) is 1.51. The second kappa shape index (κ2) is 5.25. The Balaban J connectivity index is 2.23. The highest BCUT2D eigenvalue weighted by atomic mass is 16.5. The first-order valence-corrected chi connectivity index (χ1v) is 5.17. The van der Waals surface area contributed by atoms with Crippen LogP contribution in [0.3, 0.4) is 0 Å². The molecule has 2 aromatic rings. The van der Waals surface area contributed by atoms with Crippen LogP contribution in [-0.2, 0) is 4.74 Å². The summed E-state index contributed by atoms with van der Waals surface area (Å²) >= 11 is 0. The van der Waals surface area contributed by atoms with E-state index in [1.165, 1.54) is 13.3 Å². The van der Waals surface area contributed by atoms with Crippen molar-refractivity contribution < 1.29 is 9.53 Å². The minimum Gasteiger partial charge on any atom is -0.382 e. The van der Waals surface area contributed by atoms with Crippen molar-refractivity contribution in [2.45, 2.75) is 6.04 Å². The number of rotatable bonds is 4. The van der Waals surface area contributed by atoms with Gasteiger partial charge in [-0.3, -0.25) is 4.79 Å². The Hall–Kier alpha value is -2.46. The highest BCUT2D eigenvalue weighted by molar-refractivity contribution is 6.03. The fraction of sp³-hybridized carbons (Fsp3) is 0.273. The van der Waals surface area contributed by atoms with Crippen molar-refractivity contribution in [3.05, 3.63) is 17.8 Å². The van der Waals surface area contributed by atoms with Gasteiger partial charge in [-0.05, 0) is 6.07 Å². The lowest BCUT2D eigenvalue weighted by Crippen LogP contribution is -2.37. The molecule has 0 bridgehead atoms. The number of pyridine rings is 1. The van der Waals surface area contributed by atoms with Crippen LogP contribution in [0.25, 0.3) is 11.2 Å². The standard InChI is InChI=1S/C11H11N5O2/c1-3-7(6-18-2)13-11(17)8-4-5-12-10-9(8)14-16-15-10/h1,4-5,7H,6H2,2H3,(H,13,17)(H,12,14,15,16). The zero-order valence-corrected chi connectivity index (χ0v) is 9.67. The molecule has 2 rings (SSSR count). The molecule has 2 N–H and O–H groups in total. The van der Waals surface area contributed by atoms with Gasteiger partial charge >= 0.3 is 0 Å². The Morgan fingerprint density at radius 1 is 1.67 bits per heavy atom. The Bertz CT molecular complexity index is 601. The third kappa shape index (κ3) is 2.28. The molecule has 7 nitrogen and oxygen atoms in total. The number of terminal acetylenes is 1. The molecule has 1 amide bonds. The molecule has 1 atom stereocenters. The molecule has 0 saturated carbocycles. The summed E-state index contributed by atoms with van der Waals surface area (Å²) < 4.78 is 4.90. The van der Waals surface area contributed by atoms with Crippen LogP contribution in [0, 0.1) is 12.3 Å². The van der Waals surface area contributed by atoms with E-state index in [0.29, 0.717) is 16.7 Å². The van der Waals surface area contributed by atoms with Crippen molar-refractivity contribution in [1.29, 1.82) is 0 Å². The maximum Gasteiger partial charge on any atom is 0.254 e. The van der Waals surface area contributed by atoms with Crippen molar-refractivity contribution >= 4 is 17.1 Å². The van der Waals surface area contributed by atoms with Crippen molar-refractivity contribution in [1.82, 2.24) is 25.7 Å². The molecular weight excluding hydrogens is 234 g/mol. The summed E-state index contributed by atoms with van der Waals surface area (Å²) in [5.74, 6) is 2.09. The Morgan fingerprint density at radius 2 is 2.50 bits per heavy atom. The van der Waals surface area contributed by atoms with Crippen LogP contribution >= 0.6 is 0 Å². The quantitative estimate of drug-likeness (QED) is 0.723. The molecule has 1 unspecified atom stereocenters. The molecule has 92 valence electrons. The molecule has 2 heterocycles. The van der Waals surface area contributed by atoms with E-state index in [1.807, 2.05) is 0 Å². The van der Waals surface area contributed by atoms with Crippen molar-refractivity contribution in [2.24, 2.45) is 0 Å². The third-order valence-electron chi connectivity index (χ3n) is 2.31. The summed E-state index contributed by atoms with van der Waals surface area (Å²) in [4.78, 5) is 16.0. The van der Waals surface area contributed by atoms with Crippen LogP contribution < -0.4 is 5.32 Å². The van der Waals surface area contributed by atoms with Gasteiger partial charge in [0.25, 0.3) is 5.91 Å². The summed E-state index contributed by atoms with van der Waals surface area (Å²) in [6.07, 6.45) is 6.77. The number of fused-ring (bicyclic) bond motifs is 1. The van der Waals surface area contributed by atoms with Gasteiger partial charge in [-0.1, -0.05) is 5.92 Å². The van der Waals surface area contributed by atoms with Gasteiger partial charge in [0.1, 0.15) is 11.6 Å². The SMILES string of the molecule is C#CC(COC)NC(=O)c1ccnc2n[nH]nc12. The van der Waals surface area contributed by atoms with Crippen molar-refractivity contribution in [3.63, 3.8) is 0 Å². The van der Waals surface area contributed by atoms with Gasteiger partial charge in [-0.25, -0.2) is 4.98 Å². The number of aromatic nitrogens is 4. The van der Waals surface area contributed by atoms with Crippen LogP contribution in [-0.4, -0.2) is 46.1 Å². The first-order valence-electron chi connectivity index (χ1n) is 5.17. The Kier molecular flexibility index (Phi) is 3.50. The van der Waals surface area contributed by atoms with Crippen LogP contribution in [0.1, 0.15) is 10.4 Å². The zero-order chi connectivity index (χ0) is 13.0. The number of nitrogens with one attached hydrogen (secondary N) is 2. The predicted octanol–water partition coefficient (Wildman–Crippen LogP) is -0.269. The number of carbonyl (C=O) groups excluding carboxylic acids is 1. The second-order valence-corrected chi connectivity index (χ2v) is 3.50. The fourth-order valence-electron chi connectivity index (χ4n) is 1.47. The number of carbonyl (C=O) groups is 1. The van der Waals surface area contributed by atoms with Crippen LogP contribution in [0.4, 0.5) is 0 Å². The Labute approximate surface area is 103 Å². The smallest absolute Gasteiger partial charge is 0.254 e. The highest BCUT2D eigenvalue weighted by Gasteiger charge is 2.16. The largest absolute Gasteiger partial charge is 0.382 e. The molecule has 0 fully saturated rings. The average Bonchev–Trinajstić information content (AvgIpc) is 2.85. The number of hydrogen-bond donors (Lipinski definition) is 2. The lowest BCUT2D eigenvalue weighted by Gasteiger charge is -2.11. The van der Waals surface area contributed by atoms with Gasteiger partial charge in [0.2, 0.25) is 5.65 Å². The van der Waals surface area contributed by atoms with Crippen molar-refractivity contribution in [3.8, 4) is 12.3 Å². The van der Waals surface area contributed by atoms with Gasteiger partial charge < -0.3 is 10.1 Å². The van der Waals surface area contributed by atoms with E-state index in [0.717, 1.165) is 0 Å². The van der Waals surface area contributed by atoms with E-state index in [9.17, 15) is 4.79 Å². The van der Waals surface area contributed by atoms with Crippen LogP contribution in [0.5, 0.6) is 0 Å². The van der Waals surface area contributed by atoms with Gasteiger partial charge in [-0.15, -0.1) is 11.5 Å². The number of ether oxygens (including phenoxy) is 1. The van der Waals surface area contributed by atoms with Crippen molar-refractivity contribution in [2.75, 3.05) is 13.7 Å². The van der Waals surface area contributed by atoms with Gasteiger partial charge in [0.15, 0.2) is 0 Å². The molecule has 7 heteroatoms. The number of amides is 1. The first kappa shape index (κ1) is 12.0. The Morgan fingerprint density at radius 3 is 3.22 bits per heavy atom. The number of aromatic amines is 1. The molecule has 0 saturated heterocycles. The monoisotopic (exact) mass is 245 g/mol. The van der Waals surface area contributed by atoms with Crippen LogP contribution in [0.2, 0.25) is 0 Å². The van der Waals surface area contributed by atoms with E-state index >= 15 is 0 Å². The topological polar surface area (TPSA) is 92.8 Å².